The van der Waals surface area contributed by atoms with E-state index in [9.17, 15) is 9.59 Å². The molecule has 1 aliphatic rings. The number of carbonyl (C=O) groups is 2. The van der Waals surface area contributed by atoms with Crippen molar-refractivity contribution in [3.8, 4) is 12.3 Å². The molecule has 1 heterocycles. The zero-order valence-corrected chi connectivity index (χ0v) is 10.8. The molecule has 100 valence electrons. The molecule has 1 fully saturated rings. The van der Waals surface area contributed by atoms with Crippen LogP contribution >= 0.6 is 0 Å². The van der Waals surface area contributed by atoms with E-state index < -0.39 is 0 Å². The fourth-order valence-corrected chi connectivity index (χ4v) is 2.03. The maximum absolute atomic E-state index is 11.9. The van der Waals surface area contributed by atoms with Crippen LogP contribution in [0.2, 0.25) is 0 Å². The van der Waals surface area contributed by atoms with Gasteiger partial charge in [-0.05, 0) is 6.92 Å². The lowest BCUT2D eigenvalue weighted by Gasteiger charge is -2.38. The van der Waals surface area contributed by atoms with Crippen LogP contribution in [0.5, 0.6) is 0 Å². The first kappa shape index (κ1) is 14.5. The molecule has 2 unspecified atom stereocenters. The minimum absolute atomic E-state index is 0.0844. The molecule has 1 rings (SSSR count). The molecule has 6 heteroatoms. The maximum Gasteiger partial charge on any atom is 0.238 e. The zero-order chi connectivity index (χ0) is 13.5. The van der Waals surface area contributed by atoms with Crippen LogP contribution in [0, 0.1) is 12.3 Å². The molecule has 6 nitrogen and oxygen atoms in total. The van der Waals surface area contributed by atoms with Crippen molar-refractivity contribution in [2.24, 2.45) is 0 Å². The van der Waals surface area contributed by atoms with E-state index in [1.807, 2.05) is 4.90 Å². The third-order valence-electron chi connectivity index (χ3n) is 3.08. The molecule has 0 bridgehead atoms. The summed E-state index contributed by atoms with van der Waals surface area (Å²) in [5.41, 5.74) is 0. The monoisotopic (exact) mass is 252 g/mol. The van der Waals surface area contributed by atoms with Gasteiger partial charge in [-0.1, -0.05) is 5.92 Å². The van der Waals surface area contributed by atoms with Crippen molar-refractivity contribution in [1.29, 1.82) is 0 Å². The largest absolute Gasteiger partial charge is 0.358 e. The van der Waals surface area contributed by atoms with Gasteiger partial charge in [0.2, 0.25) is 11.8 Å². The molecule has 0 saturated carbocycles. The van der Waals surface area contributed by atoms with Gasteiger partial charge >= 0.3 is 0 Å². The molecule has 0 aromatic carbocycles. The number of rotatable bonds is 4. The standard InChI is InChI=1S/C12H20N4O2/c1-4-5-15-11(17)9(2)16-7-6-14-8-10(16)12(18)13-3/h1,9-10,14H,5-8H2,2-3H3,(H,13,18)(H,15,17). The van der Waals surface area contributed by atoms with Gasteiger partial charge in [-0.15, -0.1) is 6.42 Å². The van der Waals surface area contributed by atoms with E-state index in [2.05, 4.69) is 21.9 Å². The average Bonchev–Trinajstić information content (AvgIpc) is 2.43. The summed E-state index contributed by atoms with van der Waals surface area (Å²) in [5, 5.41) is 8.41. The van der Waals surface area contributed by atoms with Crippen LogP contribution in [-0.2, 0) is 9.59 Å². The minimum Gasteiger partial charge on any atom is -0.358 e. The number of likely N-dealkylation sites (N-methyl/N-ethyl adjacent to an activating group) is 1. The fourth-order valence-electron chi connectivity index (χ4n) is 2.03. The molecule has 0 aromatic rings. The van der Waals surface area contributed by atoms with E-state index in [4.69, 9.17) is 6.42 Å². The maximum atomic E-state index is 11.9. The topological polar surface area (TPSA) is 73.5 Å². The smallest absolute Gasteiger partial charge is 0.238 e. The van der Waals surface area contributed by atoms with Crippen molar-refractivity contribution in [3.63, 3.8) is 0 Å². The lowest BCUT2D eigenvalue weighted by molar-refractivity contribution is -0.132. The SMILES string of the molecule is C#CCNC(=O)C(C)N1CCNCC1C(=O)NC. The van der Waals surface area contributed by atoms with Gasteiger partial charge in [-0.2, -0.15) is 0 Å². The first-order valence-corrected chi connectivity index (χ1v) is 6.01. The Morgan fingerprint density at radius 1 is 1.61 bits per heavy atom. The Balaban J connectivity index is 2.68. The van der Waals surface area contributed by atoms with Crippen LogP contribution in [0.3, 0.4) is 0 Å². The van der Waals surface area contributed by atoms with Crippen molar-refractivity contribution in [1.82, 2.24) is 20.9 Å². The normalized spacial score (nSPS) is 21.7. The molecule has 1 saturated heterocycles. The third kappa shape index (κ3) is 3.45. The highest BCUT2D eigenvalue weighted by Crippen LogP contribution is 2.09. The molecule has 18 heavy (non-hydrogen) atoms. The van der Waals surface area contributed by atoms with Crippen LogP contribution in [0.25, 0.3) is 0 Å². The van der Waals surface area contributed by atoms with E-state index in [-0.39, 0.29) is 30.4 Å². The summed E-state index contributed by atoms with van der Waals surface area (Å²) >= 11 is 0. The van der Waals surface area contributed by atoms with Gasteiger partial charge in [0.15, 0.2) is 0 Å². The van der Waals surface area contributed by atoms with E-state index in [0.717, 1.165) is 6.54 Å². The number of hydrogen-bond acceptors (Lipinski definition) is 4. The van der Waals surface area contributed by atoms with Gasteiger partial charge in [0.1, 0.15) is 6.04 Å². The predicted octanol–water partition coefficient (Wildman–Crippen LogP) is -1.86. The molecule has 0 aromatic heterocycles. The van der Waals surface area contributed by atoms with Gasteiger partial charge < -0.3 is 16.0 Å². The molecule has 0 aliphatic carbocycles. The highest BCUT2D eigenvalue weighted by Gasteiger charge is 2.33. The van der Waals surface area contributed by atoms with E-state index in [1.54, 1.807) is 14.0 Å². The molecule has 0 radical (unpaired) electrons. The number of hydrogen-bond donors (Lipinski definition) is 3. The lowest BCUT2D eigenvalue weighted by Crippen LogP contribution is -2.62. The Labute approximate surface area is 107 Å². The van der Waals surface area contributed by atoms with Crippen molar-refractivity contribution in [2.75, 3.05) is 33.2 Å². The summed E-state index contributed by atoms with van der Waals surface area (Å²) in [6.07, 6.45) is 5.10. The van der Waals surface area contributed by atoms with Gasteiger partial charge in [-0.3, -0.25) is 14.5 Å². The molecule has 0 spiro atoms. The second kappa shape index (κ2) is 6.99. The minimum atomic E-state index is -0.372. The zero-order valence-electron chi connectivity index (χ0n) is 10.8. The second-order valence-electron chi connectivity index (χ2n) is 4.17. The molecule has 3 N–H and O–H groups in total. The van der Waals surface area contributed by atoms with Crippen molar-refractivity contribution in [3.05, 3.63) is 0 Å². The summed E-state index contributed by atoms with van der Waals surface area (Å²) in [7, 11) is 1.60. The Hall–Kier alpha value is -1.58. The Morgan fingerprint density at radius 3 is 2.94 bits per heavy atom. The number of carbonyl (C=O) groups excluding carboxylic acids is 2. The Morgan fingerprint density at radius 2 is 2.33 bits per heavy atom. The van der Waals surface area contributed by atoms with Crippen molar-refractivity contribution in [2.45, 2.75) is 19.0 Å². The summed E-state index contributed by atoms with van der Waals surface area (Å²) in [6, 6.07) is -0.696. The predicted molar refractivity (Wildman–Crippen MR) is 68.7 cm³/mol. The summed E-state index contributed by atoms with van der Waals surface area (Å²) in [4.78, 5) is 25.5. The van der Waals surface area contributed by atoms with Gasteiger partial charge in [0, 0.05) is 26.7 Å². The van der Waals surface area contributed by atoms with Gasteiger partial charge in [0.25, 0.3) is 0 Å². The van der Waals surface area contributed by atoms with E-state index >= 15 is 0 Å². The van der Waals surface area contributed by atoms with Crippen LogP contribution in [0.15, 0.2) is 0 Å². The summed E-state index contributed by atoms with van der Waals surface area (Å²) < 4.78 is 0. The van der Waals surface area contributed by atoms with Crippen molar-refractivity contribution < 1.29 is 9.59 Å². The quantitative estimate of drug-likeness (QED) is 0.513. The average molecular weight is 252 g/mol. The highest BCUT2D eigenvalue weighted by molar-refractivity contribution is 5.85. The third-order valence-corrected chi connectivity index (χ3v) is 3.08. The van der Waals surface area contributed by atoms with Gasteiger partial charge in [0.05, 0.1) is 12.6 Å². The van der Waals surface area contributed by atoms with Gasteiger partial charge in [-0.25, -0.2) is 0 Å². The first-order valence-electron chi connectivity index (χ1n) is 6.01. The molecule has 2 atom stereocenters. The number of nitrogens with one attached hydrogen (secondary N) is 3. The van der Waals surface area contributed by atoms with Crippen LogP contribution < -0.4 is 16.0 Å². The fraction of sp³-hybridized carbons (Fsp3) is 0.667. The molecule has 2 amide bonds. The van der Waals surface area contributed by atoms with Crippen LogP contribution in [0.4, 0.5) is 0 Å². The first-order chi connectivity index (χ1) is 8.61. The number of nitrogens with zero attached hydrogens (tertiary/aromatic N) is 1. The Kier molecular flexibility index (Phi) is 5.62. The summed E-state index contributed by atoms with van der Waals surface area (Å²) in [6.45, 7) is 3.96. The highest BCUT2D eigenvalue weighted by atomic mass is 16.2. The van der Waals surface area contributed by atoms with E-state index in [0.29, 0.717) is 13.1 Å². The second-order valence-corrected chi connectivity index (χ2v) is 4.17. The Bertz CT molecular complexity index is 350. The molecular weight excluding hydrogens is 232 g/mol. The molecule has 1 aliphatic heterocycles. The molecular formula is C12H20N4O2. The van der Waals surface area contributed by atoms with Crippen LogP contribution in [0.1, 0.15) is 6.92 Å². The lowest BCUT2D eigenvalue weighted by atomic mass is 10.1. The van der Waals surface area contributed by atoms with Crippen molar-refractivity contribution >= 4 is 11.8 Å². The number of terminal acetylenes is 1. The van der Waals surface area contributed by atoms with Crippen LogP contribution in [-0.4, -0.2) is 62.0 Å². The number of piperazine rings is 1. The summed E-state index contributed by atoms with van der Waals surface area (Å²) in [5.74, 6) is 2.13. The number of amides is 2. The van der Waals surface area contributed by atoms with E-state index in [1.165, 1.54) is 0 Å².